The Morgan fingerprint density at radius 2 is 1.89 bits per heavy atom. The number of aromatic nitrogens is 3. The zero-order valence-electron chi connectivity index (χ0n) is 15.2. The van der Waals surface area contributed by atoms with Crippen LogP contribution in [0.2, 0.25) is 0 Å². The molecule has 2 aromatic rings. The molecule has 0 radical (unpaired) electrons. The summed E-state index contributed by atoms with van der Waals surface area (Å²) < 4.78 is 6.63. The molecular weight excluding hydrogens is 348 g/mol. The first-order chi connectivity index (χ1) is 13.0. The van der Waals surface area contributed by atoms with Crippen LogP contribution >= 0.6 is 0 Å². The zero-order valence-corrected chi connectivity index (χ0v) is 15.2. The minimum absolute atomic E-state index is 0.0837. The number of carbonyl (C=O) groups is 2. The van der Waals surface area contributed by atoms with Crippen LogP contribution in [0.3, 0.4) is 0 Å². The van der Waals surface area contributed by atoms with E-state index in [2.05, 4.69) is 21.5 Å². The van der Waals surface area contributed by atoms with Gasteiger partial charge in [0.25, 0.3) is 0 Å². The second kappa shape index (κ2) is 7.02. The lowest BCUT2D eigenvalue weighted by atomic mass is 9.99. The number of ether oxygens (including phenoxy) is 1. The van der Waals surface area contributed by atoms with Crippen molar-refractivity contribution in [3.8, 4) is 0 Å². The number of fused-ring (bicyclic) bond motifs is 2. The van der Waals surface area contributed by atoms with E-state index in [9.17, 15) is 14.7 Å². The van der Waals surface area contributed by atoms with Gasteiger partial charge < -0.3 is 9.84 Å². The van der Waals surface area contributed by atoms with E-state index in [4.69, 9.17) is 4.74 Å². The number of anilines is 1. The quantitative estimate of drug-likeness (QED) is 0.836. The lowest BCUT2D eigenvalue weighted by Gasteiger charge is -2.18. The molecule has 1 heterocycles. The van der Waals surface area contributed by atoms with Crippen LogP contribution < -0.4 is 5.32 Å². The molecule has 2 N–H and O–H groups in total. The van der Waals surface area contributed by atoms with Gasteiger partial charge in [-0.2, -0.15) is 5.10 Å². The summed E-state index contributed by atoms with van der Waals surface area (Å²) in [6, 6.07) is 2.27. The number of aryl methyl sites for hydroxylation is 3. The Labute approximate surface area is 156 Å². The van der Waals surface area contributed by atoms with Gasteiger partial charge >= 0.3 is 12.1 Å². The number of amides is 1. The van der Waals surface area contributed by atoms with E-state index in [0.717, 1.165) is 44.2 Å². The van der Waals surface area contributed by atoms with Crippen LogP contribution in [0.25, 0.3) is 0 Å². The number of carbonyl (C=O) groups excluding carboxylic acids is 1. The van der Waals surface area contributed by atoms with Crippen molar-refractivity contribution >= 4 is 17.7 Å². The van der Waals surface area contributed by atoms with Crippen molar-refractivity contribution in [1.29, 1.82) is 0 Å². The maximum Gasteiger partial charge on any atom is 0.412 e. The number of hydrogen-bond acceptors (Lipinski definition) is 5. The minimum atomic E-state index is -1.34. The zero-order chi connectivity index (χ0) is 19.0. The van der Waals surface area contributed by atoms with Crippen LogP contribution in [0.15, 0.2) is 12.4 Å². The molecule has 0 saturated carbocycles. The van der Waals surface area contributed by atoms with Crippen LogP contribution in [0, 0.1) is 6.92 Å². The summed E-state index contributed by atoms with van der Waals surface area (Å²) in [6.45, 7) is 1.63. The summed E-state index contributed by atoms with van der Waals surface area (Å²) in [5.74, 6) is -0.660. The van der Waals surface area contributed by atoms with Crippen LogP contribution in [0.4, 0.5) is 10.5 Å². The Kier molecular flexibility index (Phi) is 4.55. The van der Waals surface area contributed by atoms with Crippen molar-refractivity contribution < 1.29 is 19.4 Å². The van der Waals surface area contributed by atoms with Crippen molar-refractivity contribution in [2.24, 2.45) is 0 Å². The van der Waals surface area contributed by atoms with Gasteiger partial charge in [-0.15, -0.1) is 0 Å². The minimum Gasteiger partial charge on any atom is -0.478 e. The first-order valence-corrected chi connectivity index (χ1v) is 9.24. The van der Waals surface area contributed by atoms with Gasteiger partial charge in [0.05, 0.1) is 12.2 Å². The summed E-state index contributed by atoms with van der Waals surface area (Å²) in [5, 5.41) is 16.2. The highest BCUT2D eigenvalue weighted by molar-refractivity contribution is 5.90. The fourth-order valence-electron chi connectivity index (χ4n) is 4.05. The van der Waals surface area contributed by atoms with Crippen molar-refractivity contribution in [3.63, 3.8) is 0 Å². The van der Waals surface area contributed by atoms with E-state index < -0.39 is 18.2 Å². The van der Waals surface area contributed by atoms with Gasteiger partial charge in [0.1, 0.15) is 12.2 Å². The molecule has 142 valence electrons. The van der Waals surface area contributed by atoms with Gasteiger partial charge in [0, 0.05) is 0 Å². The molecule has 8 nitrogen and oxygen atoms in total. The average Bonchev–Trinajstić information content (AvgIpc) is 3.35. The number of rotatable bonds is 5. The predicted molar refractivity (Wildman–Crippen MR) is 96.8 cm³/mol. The predicted octanol–water partition coefficient (Wildman–Crippen LogP) is 2.27. The molecule has 0 spiro atoms. The second-order valence-corrected chi connectivity index (χ2v) is 7.08. The third kappa shape index (κ3) is 3.39. The molecule has 1 amide bonds. The molecule has 1 aromatic heterocycles. The molecule has 1 aromatic carbocycles. The number of nitrogens with one attached hydrogen (secondary N) is 1. The topological polar surface area (TPSA) is 106 Å². The lowest BCUT2D eigenvalue weighted by Crippen LogP contribution is -2.34. The Morgan fingerprint density at radius 1 is 1.22 bits per heavy atom. The molecule has 1 atom stereocenters. The average molecular weight is 370 g/mol. The molecule has 0 bridgehead atoms. The van der Waals surface area contributed by atoms with Crippen LogP contribution in [0.1, 0.15) is 40.9 Å². The molecule has 2 aliphatic rings. The van der Waals surface area contributed by atoms with E-state index in [1.54, 1.807) is 6.92 Å². The van der Waals surface area contributed by atoms with Crippen molar-refractivity contribution in [3.05, 3.63) is 40.5 Å². The normalized spacial score (nSPS) is 15.9. The maximum atomic E-state index is 12.5. The highest BCUT2D eigenvalue weighted by Crippen LogP contribution is 2.38. The molecule has 0 aliphatic heterocycles. The lowest BCUT2D eigenvalue weighted by molar-refractivity contribution is -0.147. The van der Waals surface area contributed by atoms with Crippen LogP contribution in [-0.2, 0) is 41.8 Å². The SMILES string of the molecule is Cc1ncnn1C[C@@H](OC(=O)Nc1c2c(cc3c1CCC3)CCC2)C(=O)O. The van der Waals surface area contributed by atoms with Crippen molar-refractivity contribution in [1.82, 2.24) is 14.8 Å². The van der Waals surface area contributed by atoms with E-state index in [1.807, 2.05) is 0 Å². The molecule has 8 heteroatoms. The van der Waals surface area contributed by atoms with Crippen LogP contribution in [0.5, 0.6) is 0 Å². The summed E-state index contributed by atoms with van der Waals surface area (Å²) in [5.41, 5.74) is 5.76. The van der Waals surface area contributed by atoms with Gasteiger partial charge in [0.15, 0.2) is 0 Å². The fourth-order valence-corrected chi connectivity index (χ4v) is 4.05. The Hall–Kier alpha value is -2.90. The Bertz CT molecular complexity index is 873. The third-order valence-corrected chi connectivity index (χ3v) is 5.37. The smallest absolute Gasteiger partial charge is 0.412 e. The Morgan fingerprint density at radius 3 is 2.44 bits per heavy atom. The van der Waals surface area contributed by atoms with E-state index in [-0.39, 0.29) is 6.54 Å². The van der Waals surface area contributed by atoms with E-state index in [1.165, 1.54) is 33.3 Å². The summed E-state index contributed by atoms with van der Waals surface area (Å²) >= 11 is 0. The number of benzene rings is 1. The molecular formula is C19H22N4O4. The number of carboxylic acid groups (broad SMARTS) is 1. The standard InChI is InChI=1S/C19H22N4O4/c1-11-20-10-21-23(11)9-16(18(24)25)27-19(26)22-17-14-6-2-4-12(14)8-13-5-3-7-15(13)17/h8,10,16H,2-7,9H2,1H3,(H,22,26)(H,24,25)/t16-/m1/s1. The molecule has 4 rings (SSSR count). The number of carboxylic acids is 1. The van der Waals surface area contributed by atoms with Gasteiger partial charge in [-0.25, -0.2) is 19.3 Å². The number of aliphatic carboxylic acids is 1. The van der Waals surface area contributed by atoms with Crippen LogP contribution in [-0.4, -0.2) is 38.0 Å². The third-order valence-electron chi connectivity index (χ3n) is 5.37. The first-order valence-electron chi connectivity index (χ1n) is 9.24. The highest BCUT2D eigenvalue weighted by Gasteiger charge is 2.28. The maximum absolute atomic E-state index is 12.5. The molecule has 0 saturated heterocycles. The number of hydrogen-bond donors (Lipinski definition) is 2. The summed E-state index contributed by atoms with van der Waals surface area (Å²) in [6.07, 6.45) is 5.31. The largest absolute Gasteiger partial charge is 0.478 e. The molecule has 0 unspecified atom stereocenters. The summed E-state index contributed by atoms with van der Waals surface area (Å²) in [4.78, 5) is 28.0. The van der Waals surface area contributed by atoms with Gasteiger partial charge in [-0.3, -0.25) is 5.32 Å². The highest BCUT2D eigenvalue weighted by atomic mass is 16.6. The molecule has 27 heavy (non-hydrogen) atoms. The van der Waals surface area contributed by atoms with Gasteiger partial charge in [0.2, 0.25) is 6.10 Å². The summed E-state index contributed by atoms with van der Waals surface area (Å²) in [7, 11) is 0. The van der Waals surface area contributed by atoms with Gasteiger partial charge in [-0.05, 0) is 67.7 Å². The Balaban J connectivity index is 1.52. The first kappa shape index (κ1) is 17.5. The number of nitrogens with zero attached hydrogens (tertiary/aromatic N) is 3. The molecule has 0 fully saturated rings. The van der Waals surface area contributed by atoms with E-state index >= 15 is 0 Å². The van der Waals surface area contributed by atoms with Crippen molar-refractivity contribution in [2.75, 3.05) is 5.32 Å². The van der Waals surface area contributed by atoms with E-state index in [0.29, 0.717) is 5.82 Å². The van der Waals surface area contributed by atoms with Crippen molar-refractivity contribution in [2.45, 2.75) is 58.1 Å². The second-order valence-electron chi connectivity index (χ2n) is 7.08. The molecule has 2 aliphatic carbocycles. The monoisotopic (exact) mass is 370 g/mol. The van der Waals surface area contributed by atoms with Gasteiger partial charge in [-0.1, -0.05) is 6.07 Å². The fraction of sp³-hybridized carbons (Fsp3) is 0.474.